The molecule has 0 aromatic carbocycles. The first-order valence-electron chi connectivity index (χ1n) is 8.25. The van der Waals surface area contributed by atoms with E-state index in [2.05, 4.69) is 25.1 Å². The Balaban J connectivity index is 1.58. The van der Waals surface area contributed by atoms with Crippen LogP contribution in [0.5, 0.6) is 0 Å². The van der Waals surface area contributed by atoms with Gasteiger partial charge in [0.25, 0.3) is 5.56 Å². The van der Waals surface area contributed by atoms with Crippen molar-refractivity contribution >= 4 is 5.65 Å². The number of rotatable bonds is 4. The molecule has 4 rings (SSSR count). The lowest BCUT2D eigenvalue weighted by molar-refractivity contribution is 0.231. The molecule has 1 fully saturated rings. The van der Waals surface area contributed by atoms with Crippen LogP contribution in [-0.4, -0.2) is 36.2 Å². The molecule has 0 unspecified atom stereocenters. The van der Waals surface area contributed by atoms with Crippen molar-refractivity contribution in [3.05, 3.63) is 46.1 Å². The highest BCUT2D eigenvalue weighted by Gasteiger charge is 2.30. The monoisotopic (exact) mass is 328 g/mol. The highest BCUT2D eigenvalue weighted by molar-refractivity contribution is 5.36. The lowest BCUT2D eigenvalue weighted by Gasteiger charge is -2.21. The Morgan fingerprint density at radius 3 is 3.08 bits per heavy atom. The second kappa shape index (κ2) is 5.86. The minimum atomic E-state index is -0.0996. The third kappa shape index (κ3) is 2.62. The SMILES string of the molecule is CC(C)c1nc([C@@H]2CCCN2Cc2cc(=O)n3[nH]ccc3n2)no1. The Morgan fingerprint density at radius 1 is 1.42 bits per heavy atom. The quantitative estimate of drug-likeness (QED) is 0.786. The maximum absolute atomic E-state index is 12.1. The lowest BCUT2D eigenvalue weighted by atomic mass is 10.2. The van der Waals surface area contributed by atoms with Gasteiger partial charge in [-0.25, -0.2) is 9.50 Å². The van der Waals surface area contributed by atoms with Crippen LogP contribution < -0.4 is 5.56 Å². The molecule has 0 amide bonds. The van der Waals surface area contributed by atoms with Gasteiger partial charge < -0.3 is 4.52 Å². The summed E-state index contributed by atoms with van der Waals surface area (Å²) in [6.07, 6.45) is 3.77. The third-order valence-electron chi connectivity index (χ3n) is 4.41. The molecule has 1 atom stereocenters. The number of likely N-dealkylation sites (tertiary alicyclic amines) is 1. The first kappa shape index (κ1) is 15.1. The Kier molecular flexibility index (Phi) is 3.68. The Labute approximate surface area is 138 Å². The molecule has 1 saturated heterocycles. The lowest BCUT2D eigenvalue weighted by Crippen LogP contribution is -2.26. The van der Waals surface area contributed by atoms with Crippen molar-refractivity contribution in [2.75, 3.05) is 6.54 Å². The standard InChI is InChI=1S/C16H20N6O2/c1-10(2)16-19-15(20-24-16)12-4-3-7-21(12)9-11-8-14(23)22-13(18-11)5-6-17-22/h5-6,8,10,12,17H,3-4,7,9H2,1-2H3/t12-/m0/s1. The van der Waals surface area contributed by atoms with Crippen molar-refractivity contribution < 1.29 is 4.52 Å². The molecule has 0 bridgehead atoms. The van der Waals surface area contributed by atoms with Crippen molar-refractivity contribution in [1.82, 2.24) is 29.6 Å². The minimum Gasteiger partial charge on any atom is -0.339 e. The Hall–Kier alpha value is -2.48. The molecule has 126 valence electrons. The predicted molar refractivity (Wildman–Crippen MR) is 86.6 cm³/mol. The zero-order valence-electron chi connectivity index (χ0n) is 13.8. The largest absolute Gasteiger partial charge is 0.339 e. The average Bonchev–Trinajstić information content (AvgIpc) is 3.26. The third-order valence-corrected chi connectivity index (χ3v) is 4.41. The molecule has 3 aromatic heterocycles. The molecule has 1 aliphatic heterocycles. The summed E-state index contributed by atoms with van der Waals surface area (Å²) in [4.78, 5) is 23.4. The van der Waals surface area contributed by atoms with Gasteiger partial charge in [0.1, 0.15) is 0 Å². The minimum absolute atomic E-state index is 0.0996. The number of aromatic amines is 1. The van der Waals surface area contributed by atoms with Gasteiger partial charge in [0.05, 0.1) is 11.7 Å². The number of hydrogen-bond donors (Lipinski definition) is 1. The van der Waals surface area contributed by atoms with Gasteiger partial charge in [0, 0.05) is 30.8 Å². The molecule has 1 aliphatic rings. The number of nitrogens with one attached hydrogen (secondary N) is 1. The number of nitrogens with zero attached hydrogens (tertiary/aromatic N) is 5. The van der Waals surface area contributed by atoms with Gasteiger partial charge in [0.15, 0.2) is 11.5 Å². The molecule has 8 heteroatoms. The van der Waals surface area contributed by atoms with Crippen LogP contribution in [0.25, 0.3) is 5.65 Å². The van der Waals surface area contributed by atoms with Gasteiger partial charge in [-0.3, -0.25) is 14.8 Å². The van der Waals surface area contributed by atoms with E-state index in [9.17, 15) is 4.79 Å². The molecule has 8 nitrogen and oxygen atoms in total. The average molecular weight is 328 g/mol. The summed E-state index contributed by atoms with van der Waals surface area (Å²) in [5, 5.41) is 7.00. The first-order valence-corrected chi connectivity index (χ1v) is 8.25. The molecule has 1 N–H and O–H groups in total. The van der Waals surface area contributed by atoms with Gasteiger partial charge in [-0.05, 0) is 19.4 Å². The van der Waals surface area contributed by atoms with E-state index >= 15 is 0 Å². The van der Waals surface area contributed by atoms with Gasteiger partial charge in [-0.1, -0.05) is 19.0 Å². The van der Waals surface area contributed by atoms with Crippen LogP contribution in [0.15, 0.2) is 27.6 Å². The van der Waals surface area contributed by atoms with Crippen molar-refractivity contribution in [3.63, 3.8) is 0 Å². The molecule has 0 saturated carbocycles. The molecular formula is C16H20N6O2. The molecule has 0 aliphatic carbocycles. The molecule has 0 radical (unpaired) electrons. The first-order chi connectivity index (χ1) is 11.6. The number of aromatic nitrogens is 5. The van der Waals surface area contributed by atoms with E-state index in [0.29, 0.717) is 18.1 Å². The van der Waals surface area contributed by atoms with Crippen LogP contribution in [0.4, 0.5) is 0 Å². The van der Waals surface area contributed by atoms with Gasteiger partial charge in [-0.15, -0.1) is 0 Å². The Morgan fingerprint density at radius 2 is 2.29 bits per heavy atom. The number of fused-ring (bicyclic) bond motifs is 1. The second-order valence-corrected chi connectivity index (χ2v) is 6.52. The summed E-state index contributed by atoms with van der Waals surface area (Å²) in [6, 6.07) is 3.49. The van der Waals surface area contributed by atoms with E-state index in [1.54, 1.807) is 18.3 Å². The topological polar surface area (TPSA) is 92.3 Å². The van der Waals surface area contributed by atoms with Gasteiger partial charge >= 0.3 is 0 Å². The summed E-state index contributed by atoms with van der Waals surface area (Å²) >= 11 is 0. The number of H-pyrrole nitrogens is 1. The highest BCUT2D eigenvalue weighted by atomic mass is 16.5. The zero-order chi connectivity index (χ0) is 16.7. The fourth-order valence-electron chi connectivity index (χ4n) is 3.19. The molecule has 24 heavy (non-hydrogen) atoms. The smallest absolute Gasteiger partial charge is 0.272 e. The molecule has 0 spiro atoms. The Bertz CT molecular complexity index is 909. The predicted octanol–water partition coefficient (Wildman–Crippen LogP) is 1.87. The van der Waals surface area contributed by atoms with Crippen LogP contribution in [0.3, 0.4) is 0 Å². The summed E-state index contributed by atoms with van der Waals surface area (Å²) in [5.41, 5.74) is 1.30. The van der Waals surface area contributed by atoms with Crippen molar-refractivity contribution in [1.29, 1.82) is 0 Å². The van der Waals surface area contributed by atoms with Crippen LogP contribution in [0.2, 0.25) is 0 Å². The summed E-state index contributed by atoms with van der Waals surface area (Å²) < 4.78 is 6.77. The summed E-state index contributed by atoms with van der Waals surface area (Å²) in [7, 11) is 0. The van der Waals surface area contributed by atoms with Crippen molar-refractivity contribution in [3.8, 4) is 0 Å². The van der Waals surface area contributed by atoms with E-state index in [-0.39, 0.29) is 17.5 Å². The fourth-order valence-corrected chi connectivity index (χ4v) is 3.19. The van der Waals surface area contributed by atoms with E-state index < -0.39 is 0 Å². The van der Waals surface area contributed by atoms with E-state index in [1.807, 2.05) is 13.8 Å². The highest BCUT2D eigenvalue weighted by Crippen LogP contribution is 2.31. The second-order valence-electron chi connectivity index (χ2n) is 6.52. The van der Waals surface area contributed by atoms with E-state index in [4.69, 9.17) is 4.52 Å². The summed E-state index contributed by atoms with van der Waals surface area (Å²) in [6.45, 7) is 5.61. The normalized spacial score (nSPS) is 18.9. The zero-order valence-corrected chi connectivity index (χ0v) is 13.8. The van der Waals surface area contributed by atoms with E-state index in [0.717, 1.165) is 30.9 Å². The fraction of sp³-hybridized carbons (Fsp3) is 0.500. The molecular weight excluding hydrogens is 308 g/mol. The van der Waals surface area contributed by atoms with Crippen molar-refractivity contribution in [2.45, 2.75) is 45.2 Å². The van der Waals surface area contributed by atoms with Crippen LogP contribution >= 0.6 is 0 Å². The van der Waals surface area contributed by atoms with E-state index in [1.165, 1.54) is 4.52 Å². The van der Waals surface area contributed by atoms with Gasteiger partial charge in [0.2, 0.25) is 5.89 Å². The van der Waals surface area contributed by atoms with Crippen molar-refractivity contribution in [2.24, 2.45) is 0 Å². The maximum Gasteiger partial charge on any atom is 0.272 e. The van der Waals surface area contributed by atoms with Gasteiger partial charge in [-0.2, -0.15) is 4.98 Å². The summed E-state index contributed by atoms with van der Waals surface area (Å²) in [5.74, 6) is 1.62. The molecule has 3 aromatic rings. The number of hydrogen-bond acceptors (Lipinski definition) is 6. The molecule has 4 heterocycles. The van der Waals surface area contributed by atoms with Crippen LogP contribution in [0.1, 0.15) is 56.1 Å². The van der Waals surface area contributed by atoms with Crippen LogP contribution in [-0.2, 0) is 6.54 Å². The van der Waals surface area contributed by atoms with Crippen LogP contribution in [0, 0.1) is 0 Å². The maximum atomic E-state index is 12.1.